The van der Waals surface area contributed by atoms with Gasteiger partial charge >= 0.3 is 0 Å². The van der Waals surface area contributed by atoms with Crippen LogP contribution in [-0.4, -0.2) is 49.1 Å². The summed E-state index contributed by atoms with van der Waals surface area (Å²) in [7, 11) is 1.63. The standard InChI is InChI=1S/C19H25N3O3S/c1-24-16-4-6-17(7-5-16)25-11-8-20-18(23)12-15-14-26-19(21-15)13-22-9-2-3-10-22/h4-7,14H,2-3,8-13H2,1H3,(H,20,23). The molecule has 0 radical (unpaired) electrons. The first-order chi connectivity index (χ1) is 12.7. The molecule has 0 aliphatic carbocycles. The molecule has 7 heteroatoms. The number of benzene rings is 1. The van der Waals surface area contributed by atoms with E-state index in [9.17, 15) is 4.79 Å². The minimum atomic E-state index is -0.0265. The van der Waals surface area contributed by atoms with Crippen LogP contribution in [0, 0.1) is 0 Å². The number of hydrogen-bond acceptors (Lipinski definition) is 6. The van der Waals surface area contributed by atoms with Crippen molar-refractivity contribution in [1.29, 1.82) is 0 Å². The van der Waals surface area contributed by atoms with Crippen molar-refractivity contribution in [3.8, 4) is 11.5 Å². The Morgan fingerprint density at radius 1 is 1.23 bits per heavy atom. The summed E-state index contributed by atoms with van der Waals surface area (Å²) in [6.45, 7) is 4.11. The van der Waals surface area contributed by atoms with E-state index in [-0.39, 0.29) is 5.91 Å². The Morgan fingerprint density at radius 2 is 1.96 bits per heavy atom. The van der Waals surface area contributed by atoms with Crippen molar-refractivity contribution in [2.24, 2.45) is 0 Å². The van der Waals surface area contributed by atoms with Crippen LogP contribution >= 0.6 is 11.3 Å². The molecule has 0 unspecified atom stereocenters. The van der Waals surface area contributed by atoms with Gasteiger partial charge in [-0.2, -0.15) is 0 Å². The molecular formula is C19H25N3O3S. The van der Waals surface area contributed by atoms with Crippen LogP contribution in [0.2, 0.25) is 0 Å². The largest absolute Gasteiger partial charge is 0.497 e. The van der Waals surface area contributed by atoms with E-state index in [0.717, 1.165) is 41.8 Å². The van der Waals surface area contributed by atoms with Crippen molar-refractivity contribution in [1.82, 2.24) is 15.2 Å². The van der Waals surface area contributed by atoms with E-state index in [1.54, 1.807) is 18.4 Å². The van der Waals surface area contributed by atoms with E-state index in [1.807, 2.05) is 29.6 Å². The second kappa shape index (κ2) is 9.54. The molecule has 1 aliphatic heterocycles. The molecule has 1 aromatic heterocycles. The van der Waals surface area contributed by atoms with Crippen molar-refractivity contribution in [2.75, 3.05) is 33.4 Å². The Labute approximate surface area is 158 Å². The highest BCUT2D eigenvalue weighted by atomic mass is 32.1. The fourth-order valence-electron chi connectivity index (χ4n) is 2.89. The average Bonchev–Trinajstić information content (AvgIpc) is 3.32. The number of aromatic nitrogens is 1. The SMILES string of the molecule is COc1ccc(OCCNC(=O)Cc2csc(CN3CCCC3)n2)cc1. The molecule has 0 bridgehead atoms. The first-order valence-corrected chi connectivity index (χ1v) is 9.80. The number of nitrogens with one attached hydrogen (secondary N) is 1. The Morgan fingerprint density at radius 3 is 2.69 bits per heavy atom. The summed E-state index contributed by atoms with van der Waals surface area (Å²) in [5, 5.41) is 5.95. The monoisotopic (exact) mass is 375 g/mol. The first kappa shape index (κ1) is 18.7. The molecule has 1 N–H and O–H groups in total. The lowest BCUT2D eigenvalue weighted by molar-refractivity contribution is -0.120. The fourth-order valence-corrected chi connectivity index (χ4v) is 3.73. The smallest absolute Gasteiger partial charge is 0.226 e. The number of rotatable bonds is 9. The van der Waals surface area contributed by atoms with Gasteiger partial charge in [-0.05, 0) is 50.2 Å². The summed E-state index contributed by atoms with van der Waals surface area (Å²) in [6, 6.07) is 7.38. The molecule has 140 valence electrons. The maximum Gasteiger partial charge on any atom is 0.226 e. The van der Waals surface area contributed by atoms with Crippen LogP contribution in [0.3, 0.4) is 0 Å². The lowest BCUT2D eigenvalue weighted by atomic mass is 10.3. The predicted molar refractivity (Wildman–Crippen MR) is 102 cm³/mol. The van der Waals surface area contributed by atoms with Crippen molar-refractivity contribution >= 4 is 17.2 Å². The molecule has 6 nitrogen and oxygen atoms in total. The van der Waals surface area contributed by atoms with E-state index < -0.39 is 0 Å². The summed E-state index contributed by atoms with van der Waals surface area (Å²) in [5.74, 6) is 1.52. The molecule has 1 saturated heterocycles. The van der Waals surface area contributed by atoms with Crippen LogP contribution in [0.4, 0.5) is 0 Å². The molecule has 3 rings (SSSR count). The third-order valence-corrected chi connectivity index (χ3v) is 5.13. The Balaban J connectivity index is 1.34. The molecule has 0 spiro atoms. The highest BCUT2D eigenvalue weighted by molar-refractivity contribution is 7.09. The summed E-state index contributed by atoms with van der Waals surface area (Å²) < 4.78 is 10.7. The van der Waals surface area contributed by atoms with Gasteiger partial charge in [0.15, 0.2) is 0 Å². The molecule has 1 aromatic carbocycles. The quantitative estimate of drug-likeness (QED) is 0.682. The van der Waals surface area contributed by atoms with E-state index in [2.05, 4.69) is 15.2 Å². The van der Waals surface area contributed by atoms with Crippen molar-refractivity contribution in [3.63, 3.8) is 0 Å². The van der Waals surface area contributed by atoms with Gasteiger partial charge in [0.25, 0.3) is 0 Å². The Hall–Kier alpha value is -2.12. The van der Waals surface area contributed by atoms with Gasteiger partial charge in [-0.3, -0.25) is 9.69 Å². The number of hydrogen-bond donors (Lipinski definition) is 1. The molecule has 1 aliphatic rings. The third kappa shape index (κ3) is 5.71. The number of ether oxygens (including phenoxy) is 2. The highest BCUT2D eigenvalue weighted by Crippen LogP contribution is 2.17. The summed E-state index contributed by atoms with van der Waals surface area (Å²) in [4.78, 5) is 19.0. The van der Waals surface area contributed by atoms with E-state index in [4.69, 9.17) is 9.47 Å². The maximum atomic E-state index is 12.0. The summed E-state index contributed by atoms with van der Waals surface area (Å²) in [5.41, 5.74) is 0.845. The molecule has 1 fully saturated rings. The number of amides is 1. The normalized spacial score (nSPS) is 14.3. The number of methoxy groups -OCH3 is 1. The number of carbonyl (C=O) groups excluding carboxylic acids is 1. The van der Waals surface area contributed by atoms with Gasteiger partial charge in [-0.15, -0.1) is 11.3 Å². The second-order valence-electron chi connectivity index (χ2n) is 6.27. The molecule has 26 heavy (non-hydrogen) atoms. The Bertz CT molecular complexity index is 696. The zero-order valence-corrected chi connectivity index (χ0v) is 15.9. The lowest BCUT2D eigenvalue weighted by Gasteiger charge is -2.11. The summed E-state index contributed by atoms with van der Waals surface area (Å²) >= 11 is 1.64. The van der Waals surface area contributed by atoms with Gasteiger partial charge in [-0.25, -0.2) is 4.98 Å². The van der Waals surface area contributed by atoms with Crippen LogP contribution in [0.5, 0.6) is 11.5 Å². The van der Waals surface area contributed by atoms with Crippen LogP contribution < -0.4 is 14.8 Å². The number of thiazole rings is 1. The molecule has 1 amide bonds. The second-order valence-corrected chi connectivity index (χ2v) is 7.21. The van der Waals surface area contributed by atoms with Crippen molar-refractivity contribution in [2.45, 2.75) is 25.8 Å². The van der Waals surface area contributed by atoms with Crippen molar-refractivity contribution in [3.05, 3.63) is 40.3 Å². The number of likely N-dealkylation sites (tertiary alicyclic amines) is 1. The van der Waals surface area contributed by atoms with Crippen LogP contribution in [0.1, 0.15) is 23.5 Å². The topological polar surface area (TPSA) is 63.7 Å². The van der Waals surface area contributed by atoms with E-state index in [1.165, 1.54) is 12.8 Å². The van der Waals surface area contributed by atoms with Gasteiger partial charge < -0.3 is 14.8 Å². The third-order valence-electron chi connectivity index (χ3n) is 4.25. The minimum Gasteiger partial charge on any atom is -0.497 e. The number of nitrogens with zero attached hydrogens (tertiary/aromatic N) is 2. The van der Waals surface area contributed by atoms with Crippen LogP contribution in [0.15, 0.2) is 29.6 Å². The minimum absolute atomic E-state index is 0.0265. The zero-order valence-electron chi connectivity index (χ0n) is 15.1. The maximum absolute atomic E-state index is 12.0. The molecule has 2 aromatic rings. The van der Waals surface area contributed by atoms with Gasteiger partial charge in [0.1, 0.15) is 23.1 Å². The van der Waals surface area contributed by atoms with Gasteiger partial charge in [-0.1, -0.05) is 0 Å². The fraction of sp³-hybridized carbons (Fsp3) is 0.474. The summed E-state index contributed by atoms with van der Waals surface area (Å²) in [6.07, 6.45) is 2.87. The molecule has 2 heterocycles. The number of carbonyl (C=O) groups is 1. The van der Waals surface area contributed by atoms with Crippen LogP contribution in [-0.2, 0) is 17.8 Å². The van der Waals surface area contributed by atoms with E-state index in [0.29, 0.717) is 19.6 Å². The zero-order chi connectivity index (χ0) is 18.2. The molecular weight excluding hydrogens is 350 g/mol. The van der Waals surface area contributed by atoms with Crippen molar-refractivity contribution < 1.29 is 14.3 Å². The first-order valence-electron chi connectivity index (χ1n) is 8.92. The molecule has 0 saturated carbocycles. The molecule has 0 atom stereocenters. The van der Waals surface area contributed by atoms with Crippen LogP contribution in [0.25, 0.3) is 0 Å². The van der Waals surface area contributed by atoms with E-state index >= 15 is 0 Å². The predicted octanol–water partition coefficient (Wildman–Crippen LogP) is 2.49. The highest BCUT2D eigenvalue weighted by Gasteiger charge is 2.14. The lowest BCUT2D eigenvalue weighted by Crippen LogP contribution is -2.29. The van der Waals surface area contributed by atoms with Gasteiger partial charge in [0, 0.05) is 5.38 Å². The van der Waals surface area contributed by atoms with Gasteiger partial charge in [0.2, 0.25) is 5.91 Å². The Kier molecular flexibility index (Phi) is 6.85. The van der Waals surface area contributed by atoms with Gasteiger partial charge in [0.05, 0.1) is 32.3 Å². The average molecular weight is 375 g/mol.